The van der Waals surface area contributed by atoms with Gasteiger partial charge in [0.05, 0.1) is 21.8 Å². The summed E-state index contributed by atoms with van der Waals surface area (Å²) in [6, 6.07) is 3.38. The highest BCUT2D eigenvalue weighted by Crippen LogP contribution is 2.31. The SMILES string of the molecule is Cc1[nH]nc(NS(=O)(=O)c2cccc(C(F)(F)F)c2)c1N. The van der Waals surface area contributed by atoms with Gasteiger partial charge in [0.2, 0.25) is 0 Å². The van der Waals surface area contributed by atoms with Gasteiger partial charge in [-0.05, 0) is 25.1 Å². The number of aromatic amines is 1. The predicted octanol–water partition coefficient (Wildman–Crippen LogP) is 2.12. The van der Waals surface area contributed by atoms with E-state index in [4.69, 9.17) is 5.73 Å². The summed E-state index contributed by atoms with van der Waals surface area (Å²) in [6.45, 7) is 1.57. The molecule has 0 saturated heterocycles. The number of aromatic nitrogens is 2. The molecule has 0 atom stereocenters. The number of benzene rings is 1. The van der Waals surface area contributed by atoms with Crippen molar-refractivity contribution in [1.82, 2.24) is 10.2 Å². The van der Waals surface area contributed by atoms with E-state index >= 15 is 0 Å². The third-order valence-electron chi connectivity index (χ3n) is 2.70. The van der Waals surface area contributed by atoms with E-state index in [0.29, 0.717) is 11.8 Å². The average Bonchev–Trinajstić information content (AvgIpc) is 2.69. The largest absolute Gasteiger partial charge is 0.416 e. The van der Waals surface area contributed by atoms with Crippen LogP contribution in [0.4, 0.5) is 24.7 Å². The maximum atomic E-state index is 12.6. The fraction of sp³-hybridized carbons (Fsp3) is 0.182. The number of nitrogens with two attached hydrogens (primary N) is 1. The number of nitrogens with zero attached hydrogens (tertiary/aromatic N) is 1. The first kappa shape index (κ1) is 15.2. The number of aryl methyl sites for hydroxylation is 1. The second-order valence-corrected chi connectivity index (χ2v) is 5.92. The molecular formula is C11H11F3N4O2S. The van der Waals surface area contributed by atoms with Crippen LogP contribution in [0.5, 0.6) is 0 Å². The summed E-state index contributed by atoms with van der Waals surface area (Å²) in [5, 5.41) is 6.10. The standard InChI is InChI=1S/C11H11F3N4O2S/c1-6-9(15)10(17-16-6)18-21(19,20)8-4-2-3-7(5-8)11(12,13)14/h2-5H,15H2,1H3,(H2,16,17,18). The molecule has 0 fully saturated rings. The van der Waals surface area contributed by atoms with Gasteiger partial charge >= 0.3 is 6.18 Å². The van der Waals surface area contributed by atoms with Crippen molar-refractivity contribution < 1.29 is 21.6 Å². The van der Waals surface area contributed by atoms with Crippen molar-refractivity contribution in [1.29, 1.82) is 0 Å². The third-order valence-corrected chi connectivity index (χ3v) is 4.03. The lowest BCUT2D eigenvalue weighted by molar-refractivity contribution is -0.137. The Labute approximate surface area is 118 Å². The molecule has 1 aromatic heterocycles. The van der Waals surface area contributed by atoms with Gasteiger partial charge in [-0.1, -0.05) is 6.07 Å². The van der Waals surface area contributed by atoms with E-state index < -0.39 is 26.7 Å². The lowest BCUT2D eigenvalue weighted by Gasteiger charge is -2.10. The number of nitrogen functional groups attached to an aromatic ring is 1. The molecule has 10 heteroatoms. The molecule has 0 spiro atoms. The molecule has 1 aromatic carbocycles. The minimum absolute atomic E-state index is 0.0746. The van der Waals surface area contributed by atoms with E-state index in [2.05, 4.69) is 10.2 Å². The highest BCUT2D eigenvalue weighted by atomic mass is 32.2. The molecule has 4 N–H and O–H groups in total. The van der Waals surface area contributed by atoms with Crippen LogP contribution >= 0.6 is 0 Å². The number of H-pyrrole nitrogens is 1. The van der Waals surface area contributed by atoms with Gasteiger partial charge < -0.3 is 5.73 Å². The summed E-state index contributed by atoms with van der Waals surface area (Å²) < 4.78 is 63.9. The van der Waals surface area contributed by atoms with E-state index in [0.717, 1.165) is 18.2 Å². The lowest BCUT2D eigenvalue weighted by Crippen LogP contribution is -2.15. The molecule has 114 valence electrons. The van der Waals surface area contributed by atoms with Crippen LogP contribution in [0.15, 0.2) is 29.2 Å². The zero-order valence-corrected chi connectivity index (χ0v) is 11.5. The predicted molar refractivity (Wildman–Crippen MR) is 70.0 cm³/mol. The maximum absolute atomic E-state index is 12.6. The summed E-state index contributed by atoms with van der Waals surface area (Å²) >= 11 is 0. The summed E-state index contributed by atoms with van der Waals surface area (Å²) in [6.07, 6.45) is -4.63. The van der Waals surface area contributed by atoms with Gasteiger partial charge in [-0.15, -0.1) is 0 Å². The number of nitrogens with one attached hydrogen (secondary N) is 2. The van der Waals surface area contributed by atoms with Crippen molar-refractivity contribution >= 4 is 21.5 Å². The molecule has 0 bridgehead atoms. The van der Waals surface area contributed by atoms with Gasteiger partial charge in [0.25, 0.3) is 10.0 Å². The molecule has 0 aliphatic carbocycles. The highest BCUT2D eigenvalue weighted by molar-refractivity contribution is 7.92. The number of anilines is 2. The molecule has 2 rings (SSSR count). The first-order valence-corrected chi connectivity index (χ1v) is 7.10. The Kier molecular flexibility index (Phi) is 3.58. The Balaban J connectivity index is 2.38. The van der Waals surface area contributed by atoms with Gasteiger partial charge in [-0.3, -0.25) is 9.82 Å². The summed E-state index contributed by atoms with van der Waals surface area (Å²) in [5.74, 6) is -0.162. The topological polar surface area (TPSA) is 101 Å². The molecule has 0 unspecified atom stereocenters. The van der Waals surface area contributed by atoms with E-state index in [1.165, 1.54) is 0 Å². The third kappa shape index (κ3) is 3.10. The number of sulfonamides is 1. The Morgan fingerprint density at radius 2 is 2.00 bits per heavy atom. The van der Waals surface area contributed by atoms with Crippen LogP contribution in [0.25, 0.3) is 0 Å². The van der Waals surface area contributed by atoms with Crippen molar-refractivity contribution in [3.05, 3.63) is 35.5 Å². The van der Waals surface area contributed by atoms with Crippen LogP contribution in [0.2, 0.25) is 0 Å². The highest BCUT2D eigenvalue weighted by Gasteiger charge is 2.31. The number of hydrogen-bond acceptors (Lipinski definition) is 4. The van der Waals surface area contributed by atoms with Crippen molar-refractivity contribution in [2.45, 2.75) is 18.0 Å². The number of hydrogen-bond donors (Lipinski definition) is 3. The second-order valence-electron chi connectivity index (χ2n) is 4.24. The smallest absolute Gasteiger partial charge is 0.394 e. The molecule has 0 amide bonds. The Morgan fingerprint density at radius 1 is 1.33 bits per heavy atom. The molecular weight excluding hydrogens is 309 g/mol. The fourth-order valence-corrected chi connectivity index (χ4v) is 2.61. The fourth-order valence-electron chi connectivity index (χ4n) is 1.54. The molecule has 0 aliphatic heterocycles. The molecule has 0 radical (unpaired) electrons. The normalized spacial score (nSPS) is 12.4. The van der Waals surface area contributed by atoms with Crippen LogP contribution in [-0.4, -0.2) is 18.6 Å². The van der Waals surface area contributed by atoms with Crippen molar-refractivity contribution in [3.8, 4) is 0 Å². The monoisotopic (exact) mass is 320 g/mol. The van der Waals surface area contributed by atoms with E-state index in [-0.39, 0.29) is 11.5 Å². The Hall–Kier alpha value is -2.23. The minimum atomic E-state index is -4.63. The van der Waals surface area contributed by atoms with Crippen LogP contribution in [0.3, 0.4) is 0 Å². The average molecular weight is 320 g/mol. The van der Waals surface area contributed by atoms with Crippen LogP contribution in [-0.2, 0) is 16.2 Å². The summed E-state index contributed by atoms with van der Waals surface area (Å²) in [4.78, 5) is -0.530. The Bertz CT molecular complexity index is 768. The van der Waals surface area contributed by atoms with Crippen molar-refractivity contribution in [2.75, 3.05) is 10.5 Å². The van der Waals surface area contributed by atoms with Gasteiger partial charge in [0.1, 0.15) is 0 Å². The van der Waals surface area contributed by atoms with Gasteiger partial charge in [-0.2, -0.15) is 18.3 Å². The van der Waals surface area contributed by atoms with Crippen molar-refractivity contribution in [2.24, 2.45) is 0 Å². The molecule has 6 nitrogen and oxygen atoms in total. The first-order valence-electron chi connectivity index (χ1n) is 5.62. The lowest BCUT2D eigenvalue weighted by atomic mass is 10.2. The number of alkyl halides is 3. The molecule has 0 saturated carbocycles. The zero-order chi connectivity index (χ0) is 15.8. The summed E-state index contributed by atoms with van der Waals surface area (Å²) in [5.41, 5.74) is 5.04. The van der Waals surface area contributed by atoms with Gasteiger partial charge in [0.15, 0.2) is 5.82 Å². The van der Waals surface area contributed by atoms with Crippen molar-refractivity contribution in [3.63, 3.8) is 0 Å². The van der Waals surface area contributed by atoms with Crippen LogP contribution in [0, 0.1) is 6.92 Å². The van der Waals surface area contributed by atoms with E-state index in [1.807, 2.05) is 4.72 Å². The number of rotatable bonds is 3. The van der Waals surface area contributed by atoms with E-state index in [9.17, 15) is 21.6 Å². The minimum Gasteiger partial charge on any atom is -0.394 e. The molecule has 1 heterocycles. The quantitative estimate of drug-likeness (QED) is 0.806. The van der Waals surface area contributed by atoms with E-state index in [1.54, 1.807) is 6.92 Å². The van der Waals surface area contributed by atoms with Gasteiger partial charge in [-0.25, -0.2) is 8.42 Å². The second kappa shape index (κ2) is 4.95. The number of halogens is 3. The summed E-state index contributed by atoms with van der Waals surface area (Å²) in [7, 11) is -4.22. The van der Waals surface area contributed by atoms with Crippen LogP contribution in [0.1, 0.15) is 11.3 Å². The Morgan fingerprint density at radius 3 is 2.52 bits per heavy atom. The van der Waals surface area contributed by atoms with Crippen LogP contribution < -0.4 is 10.5 Å². The van der Waals surface area contributed by atoms with Gasteiger partial charge in [0, 0.05) is 0 Å². The zero-order valence-electron chi connectivity index (χ0n) is 10.7. The molecule has 21 heavy (non-hydrogen) atoms. The maximum Gasteiger partial charge on any atom is 0.416 e. The molecule has 2 aromatic rings. The first-order chi connectivity index (χ1) is 9.61. The molecule has 0 aliphatic rings.